The molecule has 11 nitrogen and oxygen atoms in total. The molecule has 0 atom stereocenters. The van der Waals surface area contributed by atoms with E-state index in [0.29, 0.717) is 43.4 Å². The molecule has 39 heavy (non-hydrogen) atoms. The maximum atomic E-state index is 12.9. The molecular weight excluding hydrogens is 498 g/mol. The number of amides is 2. The number of nitrogens with one attached hydrogen (secondary N) is 1. The Hall–Kier alpha value is -4.51. The van der Waals surface area contributed by atoms with E-state index in [4.69, 9.17) is 24.9 Å². The minimum atomic E-state index is -1.12. The number of likely N-dealkylation sites (tertiary alicyclic amines) is 1. The van der Waals surface area contributed by atoms with Crippen molar-refractivity contribution >= 4 is 34.5 Å². The third-order valence-corrected chi connectivity index (χ3v) is 7.26. The van der Waals surface area contributed by atoms with Crippen molar-refractivity contribution in [2.24, 2.45) is 0 Å². The number of rotatable bonds is 5. The fraction of sp³-hybridized carbons (Fsp3) is 0.321. The first-order valence-electron chi connectivity index (χ1n) is 13.1. The zero-order valence-corrected chi connectivity index (χ0v) is 21.4. The van der Waals surface area contributed by atoms with Crippen LogP contribution in [0.15, 0.2) is 60.8 Å². The number of hydrogen-bond donors (Lipinski definition) is 2. The molecule has 2 saturated heterocycles. The second-order valence-corrected chi connectivity index (χ2v) is 9.69. The number of ether oxygens (including phenoxy) is 1. The van der Waals surface area contributed by atoms with E-state index in [0.717, 1.165) is 48.3 Å². The lowest BCUT2D eigenvalue weighted by Crippen LogP contribution is -2.39. The number of carboxylic acid groups (broad SMARTS) is 1. The van der Waals surface area contributed by atoms with Gasteiger partial charge in [0.15, 0.2) is 11.5 Å². The molecule has 2 amide bonds. The molecule has 4 heterocycles. The molecule has 11 heteroatoms. The van der Waals surface area contributed by atoms with Gasteiger partial charge in [-0.15, -0.1) is 0 Å². The summed E-state index contributed by atoms with van der Waals surface area (Å²) in [7, 11) is 0. The number of morpholine rings is 1. The number of fused-ring (bicyclic) bond motifs is 1. The summed E-state index contributed by atoms with van der Waals surface area (Å²) in [5.74, 6) is 1.41. The Morgan fingerprint density at radius 3 is 2.33 bits per heavy atom. The minimum Gasteiger partial charge on any atom is -0.465 e. The SMILES string of the molecule is O=C(O)Nc1ccc(-c2nc(N3CCOCC3)c3cnn(C4CCN(C(=O)c5ccccc5)CC4)c3n2)cc1. The third-order valence-electron chi connectivity index (χ3n) is 7.26. The van der Waals surface area contributed by atoms with Gasteiger partial charge in [-0.25, -0.2) is 19.4 Å². The van der Waals surface area contributed by atoms with Gasteiger partial charge in [0.05, 0.1) is 30.8 Å². The van der Waals surface area contributed by atoms with Gasteiger partial charge in [0, 0.05) is 43.0 Å². The van der Waals surface area contributed by atoms with Crippen molar-refractivity contribution in [2.45, 2.75) is 18.9 Å². The van der Waals surface area contributed by atoms with Gasteiger partial charge >= 0.3 is 6.09 Å². The first kappa shape index (κ1) is 24.8. The van der Waals surface area contributed by atoms with Crippen LogP contribution in [0.3, 0.4) is 0 Å². The predicted molar refractivity (Wildman–Crippen MR) is 146 cm³/mol. The molecule has 0 aliphatic carbocycles. The molecule has 2 N–H and O–H groups in total. The lowest BCUT2D eigenvalue weighted by atomic mass is 10.0. The van der Waals surface area contributed by atoms with E-state index < -0.39 is 6.09 Å². The third kappa shape index (κ3) is 5.13. The molecule has 6 rings (SSSR count). The summed E-state index contributed by atoms with van der Waals surface area (Å²) in [6.45, 7) is 3.98. The lowest BCUT2D eigenvalue weighted by Gasteiger charge is -2.32. The predicted octanol–water partition coefficient (Wildman–Crippen LogP) is 3.90. The van der Waals surface area contributed by atoms with Crippen LogP contribution in [0.4, 0.5) is 16.3 Å². The van der Waals surface area contributed by atoms with Crippen LogP contribution in [0.5, 0.6) is 0 Å². The van der Waals surface area contributed by atoms with E-state index in [-0.39, 0.29) is 11.9 Å². The van der Waals surface area contributed by atoms with Crippen molar-refractivity contribution < 1.29 is 19.4 Å². The molecule has 2 fully saturated rings. The number of carbonyl (C=O) groups is 2. The molecule has 2 aromatic heterocycles. The largest absolute Gasteiger partial charge is 0.465 e. The normalized spacial score (nSPS) is 16.4. The Labute approximate surface area is 225 Å². The highest BCUT2D eigenvalue weighted by Gasteiger charge is 2.28. The molecule has 0 bridgehead atoms. The highest BCUT2D eigenvalue weighted by atomic mass is 16.5. The molecule has 2 aliphatic rings. The van der Waals surface area contributed by atoms with Gasteiger partial charge in [-0.05, 0) is 49.2 Å². The van der Waals surface area contributed by atoms with Crippen molar-refractivity contribution in [1.29, 1.82) is 0 Å². The zero-order chi connectivity index (χ0) is 26.8. The fourth-order valence-corrected chi connectivity index (χ4v) is 5.23. The summed E-state index contributed by atoms with van der Waals surface area (Å²) in [6, 6.07) is 16.5. The molecular formula is C28H29N7O4. The van der Waals surface area contributed by atoms with E-state index in [1.165, 1.54) is 0 Å². The molecule has 2 aliphatic heterocycles. The smallest absolute Gasteiger partial charge is 0.409 e. The summed E-state index contributed by atoms with van der Waals surface area (Å²) in [5.41, 5.74) is 2.71. The Morgan fingerprint density at radius 2 is 1.64 bits per heavy atom. The quantitative estimate of drug-likeness (QED) is 0.400. The van der Waals surface area contributed by atoms with Gasteiger partial charge in [-0.3, -0.25) is 10.1 Å². The van der Waals surface area contributed by atoms with Crippen LogP contribution in [0, 0.1) is 0 Å². The number of piperidine rings is 1. The van der Waals surface area contributed by atoms with Crippen LogP contribution in [0.1, 0.15) is 29.2 Å². The standard InChI is InChI=1S/C28H29N7O4/c36-27(20-4-2-1-3-5-20)34-12-10-22(11-13-34)35-26-23(18-29-35)25(33-14-16-39-17-15-33)31-24(32-26)19-6-8-21(9-7-19)30-28(37)38/h1-9,18,22,30H,10-17H2,(H,37,38). The number of benzene rings is 2. The van der Waals surface area contributed by atoms with Crippen molar-refractivity contribution in [2.75, 3.05) is 49.6 Å². The molecule has 0 unspecified atom stereocenters. The molecule has 0 saturated carbocycles. The van der Waals surface area contributed by atoms with Crippen molar-refractivity contribution in [3.8, 4) is 11.4 Å². The van der Waals surface area contributed by atoms with Crippen LogP contribution in [-0.2, 0) is 4.74 Å². The van der Waals surface area contributed by atoms with Gasteiger partial charge in [0.1, 0.15) is 5.82 Å². The number of carbonyl (C=O) groups excluding carboxylic acids is 1. The van der Waals surface area contributed by atoms with E-state index in [2.05, 4.69) is 10.2 Å². The van der Waals surface area contributed by atoms with Gasteiger partial charge in [-0.1, -0.05) is 18.2 Å². The van der Waals surface area contributed by atoms with Crippen molar-refractivity contribution in [3.05, 3.63) is 66.4 Å². The second-order valence-electron chi connectivity index (χ2n) is 9.69. The van der Waals surface area contributed by atoms with Gasteiger partial charge in [0.25, 0.3) is 5.91 Å². The first-order chi connectivity index (χ1) is 19.1. The molecule has 0 spiro atoms. The maximum absolute atomic E-state index is 12.9. The topological polar surface area (TPSA) is 126 Å². The number of anilines is 2. The van der Waals surface area contributed by atoms with E-state index in [9.17, 15) is 9.59 Å². The van der Waals surface area contributed by atoms with E-state index in [1.807, 2.05) is 58.2 Å². The summed E-state index contributed by atoms with van der Waals surface area (Å²) in [5, 5.41) is 17.0. The van der Waals surface area contributed by atoms with Gasteiger partial charge in [0.2, 0.25) is 0 Å². The number of aromatic nitrogens is 4. The summed E-state index contributed by atoms with van der Waals surface area (Å²) >= 11 is 0. The van der Waals surface area contributed by atoms with Gasteiger partial charge in [-0.2, -0.15) is 5.10 Å². The summed E-state index contributed by atoms with van der Waals surface area (Å²) in [4.78, 5) is 37.9. The van der Waals surface area contributed by atoms with Crippen molar-refractivity contribution in [1.82, 2.24) is 24.6 Å². The second kappa shape index (κ2) is 10.7. The van der Waals surface area contributed by atoms with Crippen LogP contribution in [-0.4, -0.2) is 81.1 Å². The van der Waals surface area contributed by atoms with E-state index in [1.54, 1.807) is 12.1 Å². The Bertz CT molecular complexity index is 1480. The Morgan fingerprint density at radius 1 is 0.923 bits per heavy atom. The number of hydrogen-bond acceptors (Lipinski definition) is 7. The molecule has 200 valence electrons. The highest BCUT2D eigenvalue weighted by molar-refractivity contribution is 5.94. The number of nitrogens with zero attached hydrogens (tertiary/aromatic N) is 6. The minimum absolute atomic E-state index is 0.0550. The van der Waals surface area contributed by atoms with Crippen LogP contribution < -0.4 is 10.2 Å². The Balaban J connectivity index is 1.31. The average Bonchev–Trinajstić information content (AvgIpc) is 3.41. The molecule has 4 aromatic rings. The average molecular weight is 528 g/mol. The van der Waals surface area contributed by atoms with Crippen molar-refractivity contribution in [3.63, 3.8) is 0 Å². The van der Waals surface area contributed by atoms with E-state index >= 15 is 0 Å². The molecule has 0 radical (unpaired) electrons. The summed E-state index contributed by atoms with van der Waals surface area (Å²) in [6.07, 6.45) is 2.27. The molecule has 2 aromatic carbocycles. The maximum Gasteiger partial charge on any atom is 0.409 e. The van der Waals surface area contributed by atoms with Gasteiger partial charge < -0.3 is 19.6 Å². The lowest BCUT2D eigenvalue weighted by molar-refractivity contribution is 0.0691. The zero-order valence-electron chi connectivity index (χ0n) is 21.4. The van der Waals surface area contributed by atoms with Crippen LogP contribution in [0.2, 0.25) is 0 Å². The Kier molecular flexibility index (Phi) is 6.80. The summed E-state index contributed by atoms with van der Waals surface area (Å²) < 4.78 is 7.54. The first-order valence-corrected chi connectivity index (χ1v) is 13.1. The fourth-order valence-electron chi connectivity index (χ4n) is 5.23. The van der Waals surface area contributed by atoms with Crippen LogP contribution >= 0.6 is 0 Å². The van der Waals surface area contributed by atoms with Crippen LogP contribution in [0.25, 0.3) is 22.4 Å². The highest BCUT2D eigenvalue weighted by Crippen LogP contribution is 2.32. The monoisotopic (exact) mass is 527 g/mol.